The third-order valence-electron chi connectivity index (χ3n) is 6.14. The van der Waals surface area contributed by atoms with Crippen LogP contribution in [0.3, 0.4) is 0 Å². The van der Waals surface area contributed by atoms with Gasteiger partial charge in [-0.15, -0.1) is 0 Å². The first-order valence-electron chi connectivity index (χ1n) is 9.03. The van der Waals surface area contributed by atoms with Gasteiger partial charge in [-0.05, 0) is 74.5 Å². The molecule has 1 unspecified atom stereocenters. The van der Waals surface area contributed by atoms with E-state index in [1.165, 1.54) is 36.0 Å². The van der Waals surface area contributed by atoms with Gasteiger partial charge in [0.15, 0.2) is 12.0 Å². The molecule has 4 rings (SSSR count). The number of hydrogen-bond acceptors (Lipinski definition) is 2. The highest BCUT2D eigenvalue weighted by molar-refractivity contribution is 5.84. The first kappa shape index (κ1) is 15.0. The zero-order chi connectivity index (χ0) is 16.3. The Hall–Kier alpha value is -1.57. The highest BCUT2D eigenvalue weighted by Gasteiger charge is 2.40. The van der Waals surface area contributed by atoms with Crippen molar-refractivity contribution in [3.8, 4) is 0 Å². The molecule has 2 aliphatic carbocycles. The average molecular weight is 309 g/mol. The molecule has 0 radical (unpaired) electrons. The molecule has 2 aromatic rings. The summed E-state index contributed by atoms with van der Waals surface area (Å²) in [6, 6.07) is 0. The van der Waals surface area contributed by atoms with Crippen LogP contribution in [0.1, 0.15) is 87.0 Å². The molecule has 1 aromatic carbocycles. The van der Waals surface area contributed by atoms with E-state index in [9.17, 15) is 0 Å². The lowest BCUT2D eigenvalue weighted by Crippen LogP contribution is -2.28. The quantitative estimate of drug-likeness (QED) is 0.585. The molecule has 0 saturated heterocycles. The second kappa shape index (κ2) is 5.22. The number of allylic oxidation sites excluding steroid dienone is 2. The number of fused-ring (bicyclic) bond motifs is 2. The van der Waals surface area contributed by atoms with Crippen molar-refractivity contribution >= 4 is 11.1 Å². The zero-order valence-corrected chi connectivity index (χ0v) is 14.9. The summed E-state index contributed by atoms with van der Waals surface area (Å²) in [7, 11) is 0. The molecule has 0 fully saturated rings. The van der Waals surface area contributed by atoms with E-state index in [-0.39, 0.29) is 0 Å². The van der Waals surface area contributed by atoms with Gasteiger partial charge in [0.05, 0.1) is 0 Å². The van der Waals surface area contributed by atoms with Crippen LogP contribution in [0.2, 0.25) is 0 Å². The van der Waals surface area contributed by atoms with Gasteiger partial charge in [-0.2, -0.15) is 0 Å². The van der Waals surface area contributed by atoms with Crippen LogP contribution in [0.4, 0.5) is 0 Å². The van der Waals surface area contributed by atoms with Crippen LogP contribution < -0.4 is 0 Å². The molecule has 0 N–H and O–H groups in total. The number of oxazole rings is 1. The predicted octanol–water partition coefficient (Wildman–Crippen LogP) is 6.21. The topological polar surface area (TPSA) is 26.0 Å². The third kappa shape index (κ3) is 2.10. The second-order valence-corrected chi connectivity index (χ2v) is 8.04. The molecule has 2 nitrogen and oxygen atoms in total. The maximum Gasteiger partial charge on any atom is 0.182 e. The summed E-state index contributed by atoms with van der Waals surface area (Å²) in [5.41, 5.74) is 9.56. The molecule has 0 aliphatic heterocycles. The molecule has 2 heteroatoms. The largest absolute Gasteiger partial charge is 0.443 e. The van der Waals surface area contributed by atoms with Crippen molar-refractivity contribution in [3.63, 3.8) is 0 Å². The van der Waals surface area contributed by atoms with Crippen molar-refractivity contribution in [1.82, 2.24) is 4.98 Å². The smallest absolute Gasteiger partial charge is 0.182 e. The normalized spacial score (nSPS) is 29.4. The van der Waals surface area contributed by atoms with E-state index in [1.54, 1.807) is 17.5 Å². The number of rotatable bonds is 1. The number of aryl methyl sites for hydroxylation is 1. The maximum atomic E-state index is 5.86. The van der Waals surface area contributed by atoms with Gasteiger partial charge >= 0.3 is 0 Å². The fourth-order valence-electron chi connectivity index (χ4n) is 5.19. The molecule has 2 aliphatic rings. The number of hydrogen-bond donors (Lipinski definition) is 0. The SMILES string of the molecule is CC(C)=C[C@H]1C[C@H](C)[C@H]2CCC(C)c3c2c1c(C)c1ncoc31. The molecule has 0 bridgehead atoms. The van der Waals surface area contributed by atoms with E-state index < -0.39 is 0 Å². The molecule has 0 amide bonds. The van der Waals surface area contributed by atoms with Gasteiger partial charge in [-0.3, -0.25) is 0 Å². The van der Waals surface area contributed by atoms with Gasteiger partial charge in [-0.1, -0.05) is 25.5 Å². The third-order valence-corrected chi connectivity index (χ3v) is 6.14. The Labute approximate surface area is 139 Å². The van der Waals surface area contributed by atoms with Crippen LogP contribution in [-0.2, 0) is 0 Å². The van der Waals surface area contributed by atoms with E-state index in [2.05, 4.69) is 45.7 Å². The van der Waals surface area contributed by atoms with E-state index in [4.69, 9.17) is 4.42 Å². The van der Waals surface area contributed by atoms with Crippen LogP contribution in [0, 0.1) is 12.8 Å². The molecule has 0 saturated carbocycles. The number of benzene rings is 1. The summed E-state index contributed by atoms with van der Waals surface area (Å²) in [5.74, 6) is 2.56. The molecule has 4 atom stereocenters. The van der Waals surface area contributed by atoms with Crippen molar-refractivity contribution in [2.75, 3.05) is 0 Å². The van der Waals surface area contributed by atoms with E-state index in [0.717, 1.165) is 17.0 Å². The zero-order valence-electron chi connectivity index (χ0n) is 14.9. The lowest BCUT2D eigenvalue weighted by atomic mass is 9.62. The van der Waals surface area contributed by atoms with E-state index in [0.29, 0.717) is 17.8 Å². The molecular formula is C21H27NO. The van der Waals surface area contributed by atoms with Crippen molar-refractivity contribution in [2.45, 2.75) is 71.6 Å². The highest BCUT2D eigenvalue weighted by atomic mass is 16.3. The second-order valence-electron chi connectivity index (χ2n) is 8.04. The van der Waals surface area contributed by atoms with Crippen molar-refractivity contribution in [2.24, 2.45) is 5.92 Å². The Balaban J connectivity index is 2.10. The van der Waals surface area contributed by atoms with Gasteiger partial charge in [-0.25, -0.2) is 4.98 Å². The van der Waals surface area contributed by atoms with Crippen LogP contribution in [0.25, 0.3) is 11.1 Å². The van der Waals surface area contributed by atoms with Gasteiger partial charge in [0.25, 0.3) is 0 Å². The molecule has 122 valence electrons. The molecule has 0 spiro atoms. The minimum atomic E-state index is 0.534. The molecular weight excluding hydrogens is 282 g/mol. The summed E-state index contributed by atoms with van der Waals surface area (Å²) in [6.07, 6.45) is 7.97. The fraction of sp³-hybridized carbons (Fsp3) is 0.571. The van der Waals surface area contributed by atoms with Gasteiger partial charge < -0.3 is 4.42 Å². The number of nitrogens with zero attached hydrogens (tertiary/aromatic N) is 1. The average Bonchev–Trinajstić information content (AvgIpc) is 2.95. The fourth-order valence-corrected chi connectivity index (χ4v) is 5.19. The van der Waals surface area contributed by atoms with Gasteiger partial charge in [0.1, 0.15) is 5.52 Å². The Morgan fingerprint density at radius 3 is 2.70 bits per heavy atom. The van der Waals surface area contributed by atoms with Crippen LogP contribution in [0.5, 0.6) is 0 Å². The summed E-state index contributed by atoms with van der Waals surface area (Å²) >= 11 is 0. The first-order valence-corrected chi connectivity index (χ1v) is 9.03. The molecule has 1 heterocycles. The Morgan fingerprint density at radius 1 is 1.17 bits per heavy atom. The van der Waals surface area contributed by atoms with Crippen molar-refractivity contribution in [3.05, 3.63) is 40.3 Å². The van der Waals surface area contributed by atoms with Gasteiger partial charge in [0, 0.05) is 11.5 Å². The van der Waals surface area contributed by atoms with Crippen LogP contribution in [0.15, 0.2) is 22.5 Å². The lowest BCUT2D eigenvalue weighted by Gasteiger charge is -2.42. The van der Waals surface area contributed by atoms with Crippen molar-refractivity contribution < 1.29 is 4.42 Å². The number of aromatic nitrogens is 1. The highest BCUT2D eigenvalue weighted by Crippen LogP contribution is 2.55. The molecule has 23 heavy (non-hydrogen) atoms. The maximum absolute atomic E-state index is 5.86. The lowest BCUT2D eigenvalue weighted by molar-refractivity contribution is 0.332. The Kier molecular flexibility index (Phi) is 3.40. The van der Waals surface area contributed by atoms with Gasteiger partial charge in [0.2, 0.25) is 0 Å². The first-order chi connectivity index (χ1) is 11.0. The summed E-state index contributed by atoms with van der Waals surface area (Å²) in [5, 5.41) is 0. The van der Waals surface area contributed by atoms with E-state index in [1.807, 2.05) is 0 Å². The van der Waals surface area contributed by atoms with Crippen LogP contribution >= 0.6 is 0 Å². The standard InChI is InChI=1S/C21H27NO/c1-11(2)8-15-9-13(4)16-7-6-12(3)17-19(16)18(15)14(5)20-21(17)23-10-22-20/h8,10,12-13,15-16H,6-7,9H2,1-5H3/t12?,13-,15-,16+/m0/s1. The van der Waals surface area contributed by atoms with E-state index >= 15 is 0 Å². The van der Waals surface area contributed by atoms with Crippen molar-refractivity contribution in [1.29, 1.82) is 0 Å². The Bertz CT molecular complexity index is 794. The monoisotopic (exact) mass is 309 g/mol. The predicted molar refractivity (Wildman–Crippen MR) is 95.1 cm³/mol. The Morgan fingerprint density at radius 2 is 1.96 bits per heavy atom. The summed E-state index contributed by atoms with van der Waals surface area (Å²) in [4.78, 5) is 4.56. The van der Waals surface area contributed by atoms with Crippen LogP contribution in [-0.4, -0.2) is 4.98 Å². The minimum absolute atomic E-state index is 0.534. The summed E-state index contributed by atoms with van der Waals surface area (Å²) < 4.78 is 5.86. The summed E-state index contributed by atoms with van der Waals surface area (Å²) in [6.45, 7) is 11.5. The minimum Gasteiger partial charge on any atom is -0.443 e. The molecule has 1 aromatic heterocycles.